The lowest BCUT2D eigenvalue weighted by Gasteiger charge is -2.09. The molecule has 0 aromatic heterocycles. The van der Waals surface area contributed by atoms with Gasteiger partial charge in [0.25, 0.3) is 0 Å². The minimum absolute atomic E-state index is 0.622. The van der Waals surface area contributed by atoms with E-state index in [1.165, 1.54) is 0 Å². The highest BCUT2D eigenvalue weighted by Gasteiger charge is 2.06. The normalized spacial score (nSPS) is 10.4. The summed E-state index contributed by atoms with van der Waals surface area (Å²) in [5.74, 6) is 0. The summed E-state index contributed by atoms with van der Waals surface area (Å²) in [6.07, 6.45) is 0. The van der Waals surface area contributed by atoms with E-state index in [2.05, 4.69) is 15.9 Å². The van der Waals surface area contributed by atoms with Crippen LogP contribution in [0.3, 0.4) is 0 Å². The van der Waals surface area contributed by atoms with Gasteiger partial charge in [-0.3, -0.25) is 0 Å². The number of hydrogen-bond donors (Lipinski definition) is 2. The van der Waals surface area contributed by atoms with E-state index in [1.807, 2.05) is 24.3 Å². The van der Waals surface area contributed by atoms with Gasteiger partial charge in [0.1, 0.15) is 0 Å². The summed E-state index contributed by atoms with van der Waals surface area (Å²) in [5, 5.41) is 0.622. The molecule has 0 radical (unpaired) electrons. The van der Waals surface area contributed by atoms with E-state index in [1.54, 1.807) is 12.1 Å². The monoisotopic (exact) mass is 296 g/mol. The van der Waals surface area contributed by atoms with Crippen LogP contribution in [-0.2, 0) is 0 Å². The van der Waals surface area contributed by atoms with Crippen molar-refractivity contribution in [3.8, 4) is 11.1 Å². The number of hydrogen-bond acceptors (Lipinski definition) is 2. The smallest absolute Gasteiger partial charge is 0.0426 e. The average Bonchev–Trinajstić information content (AvgIpc) is 2.19. The maximum atomic E-state index is 5.94. The van der Waals surface area contributed by atoms with Crippen molar-refractivity contribution in [1.29, 1.82) is 0 Å². The van der Waals surface area contributed by atoms with Crippen LogP contribution in [0, 0.1) is 0 Å². The standard InChI is InChI=1S/C12H10BrClN2/c13-7-1-3-9(11(15)5-7)10-4-2-8(14)6-12(10)16/h1-6H,15-16H2. The topological polar surface area (TPSA) is 52.0 Å². The minimum atomic E-state index is 0.622. The van der Waals surface area contributed by atoms with Crippen molar-refractivity contribution in [2.75, 3.05) is 11.5 Å². The van der Waals surface area contributed by atoms with Crippen LogP contribution in [0.2, 0.25) is 5.02 Å². The molecule has 0 saturated heterocycles. The Morgan fingerprint density at radius 3 is 2.00 bits per heavy atom. The van der Waals surface area contributed by atoms with E-state index in [-0.39, 0.29) is 0 Å². The van der Waals surface area contributed by atoms with Gasteiger partial charge in [-0.25, -0.2) is 0 Å². The lowest BCUT2D eigenvalue weighted by molar-refractivity contribution is 1.58. The number of nitrogens with two attached hydrogens (primary N) is 2. The zero-order valence-electron chi connectivity index (χ0n) is 8.37. The summed E-state index contributed by atoms with van der Waals surface area (Å²) in [6.45, 7) is 0. The molecule has 2 aromatic carbocycles. The predicted octanol–water partition coefficient (Wildman–Crippen LogP) is 3.93. The zero-order chi connectivity index (χ0) is 11.7. The van der Waals surface area contributed by atoms with Gasteiger partial charge in [-0.15, -0.1) is 0 Å². The Bertz CT molecular complexity index is 491. The maximum Gasteiger partial charge on any atom is 0.0426 e. The van der Waals surface area contributed by atoms with Crippen molar-refractivity contribution >= 4 is 38.9 Å². The Balaban J connectivity index is 2.59. The molecule has 0 heterocycles. The van der Waals surface area contributed by atoms with Crippen molar-refractivity contribution in [3.63, 3.8) is 0 Å². The highest BCUT2D eigenvalue weighted by atomic mass is 79.9. The summed E-state index contributed by atoms with van der Waals surface area (Å²) in [4.78, 5) is 0. The number of nitrogen functional groups attached to an aromatic ring is 2. The number of rotatable bonds is 1. The molecule has 2 rings (SSSR count). The van der Waals surface area contributed by atoms with Crippen LogP contribution >= 0.6 is 27.5 Å². The molecule has 4 heteroatoms. The third kappa shape index (κ3) is 2.15. The SMILES string of the molecule is Nc1cc(Cl)ccc1-c1ccc(Br)cc1N. The van der Waals surface area contributed by atoms with Gasteiger partial charge in [-0.2, -0.15) is 0 Å². The Kier molecular flexibility index (Phi) is 3.08. The van der Waals surface area contributed by atoms with Crippen molar-refractivity contribution in [1.82, 2.24) is 0 Å². The van der Waals surface area contributed by atoms with Gasteiger partial charge in [0.05, 0.1) is 0 Å². The second kappa shape index (κ2) is 4.36. The van der Waals surface area contributed by atoms with E-state index in [0.717, 1.165) is 15.6 Å². The molecule has 2 aromatic rings. The van der Waals surface area contributed by atoms with E-state index < -0.39 is 0 Å². The van der Waals surface area contributed by atoms with Crippen molar-refractivity contribution < 1.29 is 0 Å². The van der Waals surface area contributed by atoms with Gasteiger partial charge in [0.2, 0.25) is 0 Å². The third-order valence-corrected chi connectivity index (χ3v) is 3.05. The first-order valence-corrected chi connectivity index (χ1v) is 5.85. The Morgan fingerprint density at radius 1 is 0.875 bits per heavy atom. The first kappa shape index (κ1) is 11.3. The molecule has 0 spiro atoms. The van der Waals surface area contributed by atoms with E-state index in [9.17, 15) is 0 Å². The van der Waals surface area contributed by atoms with Crippen LogP contribution in [0.5, 0.6) is 0 Å². The molecule has 0 aliphatic carbocycles. The molecule has 0 aliphatic rings. The molecule has 0 bridgehead atoms. The number of benzene rings is 2. The van der Waals surface area contributed by atoms with Crippen molar-refractivity contribution in [2.45, 2.75) is 0 Å². The summed E-state index contributed by atoms with van der Waals surface area (Å²) < 4.78 is 0.946. The zero-order valence-corrected chi connectivity index (χ0v) is 10.7. The molecule has 4 N–H and O–H groups in total. The van der Waals surface area contributed by atoms with Gasteiger partial charge in [-0.05, 0) is 24.3 Å². The van der Waals surface area contributed by atoms with E-state index >= 15 is 0 Å². The van der Waals surface area contributed by atoms with Gasteiger partial charge in [-0.1, -0.05) is 39.7 Å². The van der Waals surface area contributed by atoms with Crippen molar-refractivity contribution in [2.24, 2.45) is 0 Å². The van der Waals surface area contributed by atoms with Crippen LogP contribution < -0.4 is 11.5 Å². The largest absolute Gasteiger partial charge is 0.398 e. The van der Waals surface area contributed by atoms with Gasteiger partial charge >= 0.3 is 0 Å². The first-order chi connectivity index (χ1) is 7.58. The lowest BCUT2D eigenvalue weighted by atomic mass is 10.0. The average molecular weight is 298 g/mol. The highest BCUT2D eigenvalue weighted by molar-refractivity contribution is 9.10. The fourth-order valence-corrected chi connectivity index (χ4v) is 2.12. The third-order valence-electron chi connectivity index (χ3n) is 2.32. The molecule has 2 nitrogen and oxygen atoms in total. The van der Waals surface area contributed by atoms with Crippen LogP contribution in [-0.4, -0.2) is 0 Å². The lowest BCUT2D eigenvalue weighted by Crippen LogP contribution is -1.94. The molecule has 0 aliphatic heterocycles. The Labute approximate surface area is 107 Å². The molecule has 0 amide bonds. The van der Waals surface area contributed by atoms with Gasteiger partial charge in [0.15, 0.2) is 0 Å². The summed E-state index contributed by atoms with van der Waals surface area (Å²) >= 11 is 9.22. The Morgan fingerprint density at radius 2 is 1.44 bits per heavy atom. The van der Waals surface area contributed by atoms with Gasteiger partial charge in [0, 0.05) is 32.0 Å². The van der Waals surface area contributed by atoms with Crippen LogP contribution in [0.15, 0.2) is 40.9 Å². The molecular formula is C12H10BrClN2. The second-order valence-corrected chi connectivity index (χ2v) is 4.82. The fourth-order valence-electron chi connectivity index (χ4n) is 1.56. The second-order valence-electron chi connectivity index (χ2n) is 3.46. The number of halogens is 2. The van der Waals surface area contributed by atoms with Crippen LogP contribution in [0.4, 0.5) is 11.4 Å². The van der Waals surface area contributed by atoms with Crippen LogP contribution in [0.1, 0.15) is 0 Å². The van der Waals surface area contributed by atoms with Gasteiger partial charge < -0.3 is 11.5 Å². The predicted molar refractivity (Wildman–Crippen MR) is 73.4 cm³/mol. The highest BCUT2D eigenvalue weighted by Crippen LogP contribution is 2.33. The van der Waals surface area contributed by atoms with Crippen LogP contribution in [0.25, 0.3) is 11.1 Å². The maximum absolute atomic E-state index is 5.94. The summed E-state index contributed by atoms with van der Waals surface area (Å²) in [7, 11) is 0. The Hall–Kier alpha value is -1.19. The molecule has 0 unspecified atom stereocenters. The van der Waals surface area contributed by atoms with E-state index in [4.69, 9.17) is 23.1 Å². The summed E-state index contributed by atoms with van der Waals surface area (Å²) in [5.41, 5.74) is 15.0. The molecule has 16 heavy (non-hydrogen) atoms. The minimum Gasteiger partial charge on any atom is -0.398 e. The molecule has 0 atom stereocenters. The molecule has 82 valence electrons. The molecule has 0 fully saturated rings. The number of anilines is 2. The van der Waals surface area contributed by atoms with Crippen molar-refractivity contribution in [3.05, 3.63) is 45.9 Å². The van der Waals surface area contributed by atoms with E-state index in [0.29, 0.717) is 16.4 Å². The molecule has 0 saturated carbocycles. The quantitative estimate of drug-likeness (QED) is 0.784. The fraction of sp³-hybridized carbons (Fsp3) is 0. The first-order valence-electron chi connectivity index (χ1n) is 4.68. The molecular weight excluding hydrogens is 288 g/mol. The summed E-state index contributed by atoms with van der Waals surface area (Å²) in [6, 6.07) is 11.1.